The van der Waals surface area contributed by atoms with Crippen LogP contribution in [0.1, 0.15) is 30.5 Å². The first-order chi connectivity index (χ1) is 13.4. The molecule has 3 aliphatic heterocycles. The number of aliphatic carboxylic acids is 1. The molecule has 1 aromatic rings. The molecule has 0 aromatic carbocycles. The predicted octanol–water partition coefficient (Wildman–Crippen LogP) is 1.33. The van der Waals surface area contributed by atoms with E-state index in [1.165, 1.54) is 10.5 Å². The Kier molecular flexibility index (Phi) is 5.23. The third-order valence-electron chi connectivity index (χ3n) is 6.04. The molecule has 3 aliphatic rings. The molecule has 0 spiro atoms. The summed E-state index contributed by atoms with van der Waals surface area (Å²) < 4.78 is 14.7. The van der Waals surface area contributed by atoms with E-state index in [4.69, 9.17) is 10.1 Å². The van der Waals surface area contributed by atoms with Gasteiger partial charge in [-0.05, 0) is 49.7 Å². The maximum atomic E-state index is 14.7. The van der Waals surface area contributed by atoms with Gasteiger partial charge in [0.1, 0.15) is 5.82 Å². The number of rotatable bonds is 5. The van der Waals surface area contributed by atoms with E-state index in [1.807, 2.05) is 0 Å². The number of nitrogens with one attached hydrogen (secondary N) is 1. The molecular weight excluding hydrogens is 363 g/mol. The van der Waals surface area contributed by atoms with Crippen LogP contribution in [0.4, 0.5) is 10.2 Å². The van der Waals surface area contributed by atoms with E-state index in [1.54, 1.807) is 4.90 Å². The predicted molar refractivity (Wildman–Crippen MR) is 102 cm³/mol. The summed E-state index contributed by atoms with van der Waals surface area (Å²) in [6.07, 6.45) is 4.78. The van der Waals surface area contributed by atoms with Gasteiger partial charge in [0.05, 0.1) is 6.54 Å². The van der Waals surface area contributed by atoms with Crippen molar-refractivity contribution < 1.29 is 19.1 Å². The molecule has 1 aromatic heterocycles. The number of likely N-dealkylation sites (tertiary alicyclic amines) is 2. The van der Waals surface area contributed by atoms with Crippen LogP contribution in [0.15, 0.2) is 12.1 Å². The maximum Gasteiger partial charge on any atom is 0.317 e. The van der Waals surface area contributed by atoms with Crippen molar-refractivity contribution in [3.63, 3.8) is 0 Å². The number of anilines is 1. The zero-order chi connectivity index (χ0) is 19.7. The number of aromatic nitrogens is 1. The fourth-order valence-corrected chi connectivity index (χ4v) is 4.50. The Bertz CT molecular complexity index is 758. The Balaban J connectivity index is 1.27. The van der Waals surface area contributed by atoms with Gasteiger partial charge in [-0.2, -0.15) is 0 Å². The molecule has 2 fully saturated rings. The molecule has 2 N–H and O–H groups in total. The maximum absolute atomic E-state index is 14.7. The van der Waals surface area contributed by atoms with Crippen LogP contribution in [0.2, 0.25) is 0 Å². The number of carboxylic acids is 1. The molecule has 0 saturated carbocycles. The van der Waals surface area contributed by atoms with Gasteiger partial charge < -0.3 is 15.3 Å². The number of halogens is 1. The normalized spacial score (nSPS) is 22.1. The van der Waals surface area contributed by atoms with E-state index in [-0.39, 0.29) is 19.6 Å². The number of carbonyl (C=O) groups is 2. The van der Waals surface area contributed by atoms with E-state index >= 15 is 0 Å². The number of alkyl halides is 1. The number of aryl methyl sites for hydroxylation is 1. The SMILES string of the molecule is O=C(O)CN1CC(F)(C(=O)N2CCC(Cc3ccc4c(n3)NCCC4)CC2)C1. The second kappa shape index (κ2) is 7.66. The minimum absolute atomic E-state index is 0.121. The number of nitrogens with zero attached hydrogens (tertiary/aromatic N) is 3. The van der Waals surface area contributed by atoms with E-state index in [9.17, 15) is 14.0 Å². The van der Waals surface area contributed by atoms with Gasteiger partial charge in [-0.15, -0.1) is 0 Å². The van der Waals surface area contributed by atoms with Crippen LogP contribution in [0.3, 0.4) is 0 Å². The van der Waals surface area contributed by atoms with Gasteiger partial charge in [0, 0.05) is 38.4 Å². The van der Waals surface area contributed by atoms with Crippen LogP contribution in [-0.4, -0.2) is 76.7 Å². The van der Waals surface area contributed by atoms with Gasteiger partial charge in [-0.1, -0.05) is 6.07 Å². The fourth-order valence-electron chi connectivity index (χ4n) is 4.50. The number of hydrogen-bond acceptors (Lipinski definition) is 5. The van der Waals surface area contributed by atoms with Crippen LogP contribution < -0.4 is 5.32 Å². The molecule has 152 valence electrons. The van der Waals surface area contributed by atoms with Crippen molar-refractivity contribution in [1.82, 2.24) is 14.8 Å². The molecule has 0 aliphatic carbocycles. The fraction of sp³-hybridized carbons (Fsp3) is 0.650. The lowest BCUT2D eigenvalue weighted by atomic mass is 9.89. The van der Waals surface area contributed by atoms with Crippen LogP contribution in [-0.2, 0) is 22.4 Å². The minimum atomic E-state index is -1.92. The number of carbonyl (C=O) groups excluding carboxylic acids is 1. The lowest BCUT2D eigenvalue weighted by Crippen LogP contribution is -2.67. The molecule has 1 amide bonds. The molecule has 0 unspecified atom stereocenters. The second-order valence-electron chi connectivity index (χ2n) is 8.28. The van der Waals surface area contributed by atoms with Gasteiger partial charge in [0.2, 0.25) is 5.67 Å². The zero-order valence-electron chi connectivity index (χ0n) is 16.0. The Morgan fingerprint density at radius 2 is 2.04 bits per heavy atom. The highest BCUT2D eigenvalue weighted by molar-refractivity contribution is 5.87. The summed E-state index contributed by atoms with van der Waals surface area (Å²) in [6, 6.07) is 4.26. The van der Waals surface area contributed by atoms with E-state index in [0.29, 0.717) is 19.0 Å². The van der Waals surface area contributed by atoms with Crippen molar-refractivity contribution in [3.8, 4) is 0 Å². The first kappa shape index (κ1) is 19.1. The molecule has 8 heteroatoms. The average Bonchev–Trinajstić information content (AvgIpc) is 2.66. The summed E-state index contributed by atoms with van der Waals surface area (Å²) in [4.78, 5) is 31.0. The van der Waals surface area contributed by atoms with Crippen molar-refractivity contribution in [1.29, 1.82) is 0 Å². The Labute approximate surface area is 163 Å². The highest BCUT2D eigenvalue weighted by atomic mass is 19.1. The smallest absolute Gasteiger partial charge is 0.317 e. The van der Waals surface area contributed by atoms with Crippen molar-refractivity contribution >= 4 is 17.7 Å². The zero-order valence-corrected chi connectivity index (χ0v) is 16.0. The summed E-state index contributed by atoms with van der Waals surface area (Å²) in [6.45, 7) is 1.62. The van der Waals surface area contributed by atoms with E-state index in [2.05, 4.69) is 17.4 Å². The van der Waals surface area contributed by atoms with Crippen LogP contribution >= 0.6 is 0 Å². The van der Waals surface area contributed by atoms with E-state index in [0.717, 1.165) is 50.2 Å². The monoisotopic (exact) mass is 390 g/mol. The number of carboxylic acid groups (broad SMARTS) is 1. The number of hydrogen-bond donors (Lipinski definition) is 2. The standard InChI is InChI=1S/C20H27FN4O3/c21-20(12-24(13-20)11-17(26)27)19(28)25-8-5-14(6-9-25)10-16-4-3-15-2-1-7-22-18(15)23-16/h3-4,14H,1-2,5-13H2,(H,22,23)(H,26,27). The van der Waals surface area contributed by atoms with Gasteiger partial charge in [-0.25, -0.2) is 9.37 Å². The number of fused-ring (bicyclic) bond motifs is 1. The Hall–Kier alpha value is -2.22. The number of pyridine rings is 1. The average molecular weight is 390 g/mol. The molecule has 4 rings (SSSR count). The third kappa shape index (κ3) is 3.97. The van der Waals surface area contributed by atoms with Gasteiger partial charge in [0.25, 0.3) is 5.91 Å². The second-order valence-corrected chi connectivity index (χ2v) is 8.28. The van der Waals surface area contributed by atoms with Gasteiger partial charge in [0.15, 0.2) is 0 Å². The van der Waals surface area contributed by atoms with Crippen LogP contribution in [0, 0.1) is 5.92 Å². The molecule has 0 bridgehead atoms. The summed E-state index contributed by atoms with van der Waals surface area (Å²) >= 11 is 0. The summed E-state index contributed by atoms with van der Waals surface area (Å²) in [5, 5.41) is 12.1. The molecule has 2 saturated heterocycles. The quantitative estimate of drug-likeness (QED) is 0.789. The topological polar surface area (TPSA) is 85.8 Å². The van der Waals surface area contributed by atoms with Gasteiger partial charge >= 0.3 is 5.97 Å². The first-order valence-corrected chi connectivity index (χ1v) is 10.1. The lowest BCUT2D eigenvalue weighted by Gasteiger charge is -2.45. The van der Waals surface area contributed by atoms with Crippen molar-refractivity contribution in [2.75, 3.05) is 44.6 Å². The number of amides is 1. The first-order valence-electron chi connectivity index (χ1n) is 10.1. The molecule has 7 nitrogen and oxygen atoms in total. The van der Waals surface area contributed by atoms with Crippen LogP contribution in [0.25, 0.3) is 0 Å². The largest absolute Gasteiger partial charge is 0.480 e. The molecule has 0 radical (unpaired) electrons. The van der Waals surface area contributed by atoms with Crippen molar-refractivity contribution in [2.24, 2.45) is 5.92 Å². The Morgan fingerprint density at radius 3 is 2.75 bits per heavy atom. The van der Waals surface area contributed by atoms with Crippen molar-refractivity contribution in [3.05, 3.63) is 23.4 Å². The molecule has 0 atom stereocenters. The third-order valence-corrected chi connectivity index (χ3v) is 6.04. The number of piperidine rings is 1. The van der Waals surface area contributed by atoms with Crippen LogP contribution in [0.5, 0.6) is 0 Å². The molecular formula is C20H27FN4O3. The highest BCUT2D eigenvalue weighted by Gasteiger charge is 2.52. The highest BCUT2D eigenvalue weighted by Crippen LogP contribution is 2.30. The Morgan fingerprint density at radius 1 is 1.29 bits per heavy atom. The minimum Gasteiger partial charge on any atom is -0.480 e. The summed E-state index contributed by atoms with van der Waals surface area (Å²) in [7, 11) is 0. The molecule has 4 heterocycles. The van der Waals surface area contributed by atoms with E-state index < -0.39 is 17.5 Å². The van der Waals surface area contributed by atoms with Crippen molar-refractivity contribution in [2.45, 2.75) is 37.8 Å². The summed E-state index contributed by atoms with van der Waals surface area (Å²) in [5.74, 6) is -0.0321. The molecule has 28 heavy (non-hydrogen) atoms. The van der Waals surface area contributed by atoms with Gasteiger partial charge in [-0.3, -0.25) is 14.5 Å². The lowest BCUT2D eigenvalue weighted by molar-refractivity contribution is -0.162. The summed E-state index contributed by atoms with van der Waals surface area (Å²) in [5.41, 5.74) is 0.429.